The SMILES string of the molecule is CCOCCC(C)COC(=O)OC. The Kier molecular flexibility index (Phi) is 7.39. The summed E-state index contributed by atoms with van der Waals surface area (Å²) in [6.07, 6.45) is 0.272. The molecule has 78 valence electrons. The molecule has 0 radical (unpaired) electrons. The molecule has 0 spiro atoms. The fourth-order valence-corrected chi connectivity index (χ4v) is 0.781. The number of hydrogen-bond donors (Lipinski definition) is 0. The lowest BCUT2D eigenvalue weighted by atomic mass is 10.1. The molecule has 0 saturated heterocycles. The molecule has 0 aromatic carbocycles. The highest BCUT2D eigenvalue weighted by Crippen LogP contribution is 2.03. The maximum atomic E-state index is 10.6. The van der Waals surface area contributed by atoms with Crippen molar-refractivity contribution < 1.29 is 19.0 Å². The summed E-state index contributed by atoms with van der Waals surface area (Å²) in [5, 5.41) is 0. The first-order chi connectivity index (χ1) is 6.20. The molecule has 13 heavy (non-hydrogen) atoms. The fourth-order valence-electron chi connectivity index (χ4n) is 0.781. The van der Waals surface area contributed by atoms with Crippen molar-refractivity contribution in [2.75, 3.05) is 26.9 Å². The van der Waals surface area contributed by atoms with E-state index in [0.717, 1.165) is 13.0 Å². The quantitative estimate of drug-likeness (QED) is 0.473. The largest absolute Gasteiger partial charge is 0.507 e. The van der Waals surface area contributed by atoms with Crippen LogP contribution in [0.4, 0.5) is 4.79 Å². The van der Waals surface area contributed by atoms with Crippen LogP contribution in [0.1, 0.15) is 20.3 Å². The molecule has 0 aliphatic rings. The highest BCUT2D eigenvalue weighted by molar-refractivity contribution is 5.59. The van der Waals surface area contributed by atoms with Crippen molar-refractivity contribution in [2.24, 2.45) is 5.92 Å². The lowest BCUT2D eigenvalue weighted by Crippen LogP contribution is -2.13. The Labute approximate surface area is 79.2 Å². The average Bonchev–Trinajstić information content (AvgIpc) is 2.14. The summed E-state index contributed by atoms with van der Waals surface area (Å²) in [5.41, 5.74) is 0. The maximum absolute atomic E-state index is 10.6. The molecule has 0 rings (SSSR count). The summed E-state index contributed by atoms with van der Waals surface area (Å²) in [7, 11) is 1.30. The number of methoxy groups -OCH3 is 1. The topological polar surface area (TPSA) is 44.8 Å². The highest BCUT2D eigenvalue weighted by Gasteiger charge is 2.06. The normalized spacial score (nSPS) is 12.2. The van der Waals surface area contributed by atoms with Crippen molar-refractivity contribution >= 4 is 6.16 Å². The van der Waals surface area contributed by atoms with E-state index in [1.54, 1.807) is 0 Å². The third-order valence-corrected chi connectivity index (χ3v) is 1.61. The molecule has 0 aromatic heterocycles. The minimum Gasteiger partial charge on any atom is -0.438 e. The van der Waals surface area contributed by atoms with Crippen LogP contribution in [0.3, 0.4) is 0 Å². The van der Waals surface area contributed by atoms with Crippen LogP contribution in [0, 0.1) is 5.92 Å². The maximum Gasteiger partial charge on any atom is 0.507 e. The van der Waals surface area contributed by atoms with Crippen LogP contribution in [0.5, 0.6) is 0 Å². The number of hydrogen-bond acceptors (Lipinski definition) is 4. The zero-order valence-corrected chi connectivity index (χ0v) is 8.54. The van der Waals surface area contributed by atoms with Crippen LogP contribution < -0.4 is 0 Å². The Bertz CT molecular complexity index is 136. The van der Waals surface area contributed by atoms with Crippen LogP contribution >= 0.6 is 0 Å². The first-order valence-corrected chi connectivity index (χ1v) is 4.49. The molecule has 1 unspecified atom stereocenters. The number of rotatable bonds is 6. The Morgan fingerprint density at radius 2 is 2.15 bits per heavy atom. The molecule has 0 bridgehead atoms. The van der Waals surface area contributed by atoms with E-state index in [4.69, 9.17) is 9.47 Å². The molecule has 0 aliphatic carbocycles. The third kappa shape index (κ3) is 7.59. The van der Waals surface area contributed by atoms with Crippen LogP contribution in [0.15, 0.2) is 0 Å². The highest BCUT2D eigenvalue weighted by atomic mass is 16.7. The first kappa shape index (κ1) is 12.2. The Morgan fingerprint density at radius 3 is 2.69 bits per heavy atom. The molecule has 0 saturated carbocycles. The van der Waals surface area contributed by atoms with Gasteiger partial charge in [0.05, 0.1) is 13.7 Å². The monoisotopic (exact) mass is 190 g/mol. The standard InChI is InChI=1S/C9H18O4/c1-4-12-6-5-8(2)7-13-9(10)11-3/h8H,4-7H2,1-3H3. The van der Waals surface area contributed by atoms with Crippen LogP contribution in [0.25, 0.3) is 0 Å². The van der Waals surface area contributed by atoms with Gasteiger partial charge in [-0.3, -0.25) is 0 Å². The van der Waals surface area contributed by atoms with Crippen molar-refractivity contribution in [3.63, 3.8) is 0 Å². The van der Waals surface area contributed by atoms with Crippen molar-refractivity contribution in [2.45, 2.75) is 20.3 Å². The minimum absolute atomic E-state index is 0.311. The predicted octanol–water partition coefficient (Wildman–Crippen LogP) is 1.83. The van der Waals surface area contributed by atoms with Gasteiger partial charge in [0.25, 0.3) is 0 Å². The van der Waals surface area contributed by atoms with Crippen molar-refractivity contribution in [1.82, 2.24) is 0 Å². The molecule has 0 fully saturated rings. The molecule has 0 aliphatic heterocycles. The van der Waals surface area contributed by atoms with E-state index >= 15 is 0 Å². The summed E-state index contributed by atoms with van der Waals surface area (Å²) in [6.45, 7) is 5.78. The van der Waals surface area contributed by atoms with E-state index in [0.29, 0.717) is 19.1 Å². The number of ether oxygens (including phenoxy) is 3. The second-order valence-corrected chi connectivity index (χ2v) is 2.86. The summed E-state index contributed by atoms with van der Waals surface area (Å²) >= 11 is 0. The molecule has 0 amide bonds. The van der Waals surface area contributed by atoms with E-state index in [2.05, 4.69) is 4.74 Å². The summed E-state index contributed by atoms with van der Waals surface area (Å²) < 4.78 is 14.3. The second kappa shape index (κ2) is 7.86. The van der Waals surface area contributed by atoms with E-state index in [-0.39, 0.29) is 0 Å². The van der Waals surface area contributed by atoms with Gasteiger partial charge < -0.3 is 14.2 Å². The van der Waals surface area contributed by atoms with Crippen molar-refractivity contribution in [1.29, 1.82) is 0 Å². The molecular formula is C9H18O4. The van der Waals surface area contributed by atoms with Gasteiger partial charge in [-0.05, 0) is 19.3 Å². The molecule has 0 aromatic rings. The van der Waals surface area contributed by atoms with E-state index in [1.807, 2.05) is 13.8 Å². The van der Waals surface area contributed by atoms with Gasteiger partial charge in [0.1, 0.15) is 0 Å². The van der Waals surface area contributed by atoms with Gasteiger partial charge in [-0.2, -0.15) is 0 Å². The third-order valence-electron chi connectivity index (χ3n) is 1.61. The molecule has 0 N–H and O–H groups in total. The Hall–Kier alpha value is -0.770. The zero-order valence-electron chi connectivity index (χ0n) is 8.54. The van der Waals surface area contributed by atoms with Crippen molar-refractivity contribution in [3.05, 3.63) is 0 Å². The van der Waals surface area contributed by atoms with E-state index in [1.165, 1.54) is 7.11 Å². The summed E-state index contributed by atoms with van der Waals surface area (Å²) in [6, 6.07) is 0. The van der Waals surface area contributed by atoms with Gasteiger partial charge in [-0.25, -0.2) is 4.79 Å². The van der Waals surface area contributed by atoms with Crippen molar-refractivity contribution in [3.8, 4) is 0 Å². The summed E-state index contributed by atoms with van der Waals surface area (Å²) in [5.74, 6) is 0.311. The van der Waals surface area contributed by atoms with E-state index in [9.17, 15) is 4.79 Å². The number of carbonyl (C=O) groups is 1. The molecule has 1 atom stereocenters. The Balaban J connectivity index is 3.29. The van der Waals surface area contributed by atoms with Gasteiger partial charge in [0.2, 0.25) is 0 Å². The molecule has 4 heteroatoms. The van der Waals surface area contributed by atoms with Crippen LogP contribution in [-0.2, 0) is 14.2 Å². The molecule has 0 heterocycles. The fraction of sp³-hybridized carbons (Fsp3) is 0.889. The molecule has 4 nitrogen and oxygen atoms in total. The lowest BCUT2D eigenvalue weighted by Gasteiger charge is -2.10. The van der Waals surface area contributed by atoms with Crippen LogP contribution in [-0.4, -0.2) is 33.1 Å². The van der Waals surface area contributed by atoms with Crippen LogP contribution in [0.2, 0.25) is 0 Å². The van der Waals surface area contributed by atoms with E-state index < -0.39 is 6.16 Å². The second-order valence-electron chi connectivity index (χ2n) is 2.86. The smallest absolute Gasteiger partial charge is 0.438 e. The van der Waals surface area contributed by atoms with Gasteiger partial charge in [-0.15, -0.1) is 0 Å². The number of carbonyl (C=O) groups excluding carboxylic acids is 1. The predicted molar refractivity (Wildman–Crippen MR) is 48.6 cm³/mol. The zero-order chi connectivity index (χ0) is 10.1. The van der Waals surface area contributed by atoms with Gasteiger partial charge >= 0.3 is 6.16 Å². The Morgan fingerprint density at radius 1 is 1.46 bits per heavy atom. The minimum atomic E-state index is -0.622. The van der Waals surface area contributed by atoms with Gasteiger partial charge in [0.15, 0.2) is 0 Å². The van der Waals surface area contributed by atoms with Gasteiger partial charge in [0, 0.05) is 13.2 Å². The molecular weight excluding hydrogens is 172 g/mol. The average molecular weight is 190 g/mol. The first-order valence-electron chi connectivity index (χ1n) is 4.49. The summed E-state index contributed by atoms with van der Waals surface area (Å²) in [4.78, 5) is 10.6. The van der Waals surface area contributed by atoms with Gasteiger partial charge in [-0.1, -0.05) is 6.92 Å². The lowest BCUT2D eigenvalue weighted by molar-refractivity contribution is 0.0543.